The van der Waals surface area contributed by atoms with Crippen LogP contribution in [0.25, 0.3) is 0 Å². The molecule has 1 N–H and O–H groups in total. The Balaban J connectivity index is 1.86. The molecule has 1 aliphatic rings. The zero-order chi connectivity index (χ0) is 13.7. The van der Waals surface area contributed by atoms with Crippen molar-refractivity contribution in [3.05, 3.63) is 35.4 Å². The maximum atomic E-state index is 11.7. The first kappa shape index (κ1) is 14.5. The third-order valence-corrected chi connectivity index (χ3v) is 4.77. The molecule has 0 aromatic heterocycles. The van der Waals surface area contributed by atoms with Crippen molar-refractivity contribution in [2.75, 3.05) is 12.3 Å². The molecule has 0 amide bonds. The van der Waals surface area contributed by atoms with Crippen LogP contribution in [-0.4, -0.2) is 26.8 Å². The van der Waals surface area contributed by atoms with Crippen molar-refractivity contribution in [2.24, 2.45) is 0 Å². The van der Waals surface area contributed by atoms with Crippen LogP contribution in [0.4, 0.5) is 0 Å². The second-order valence-electron chi connectivity index (χ2n) is 4.93. The van der Waals surface area contributed by atoms with Crippen LogP contribution < -0.4 is 4.72 Å². The van der Waals surface area contributed by atoms with Gasteiger partial charge in [-0.15, -0.1) is 0 Å². The van der Waals surface area contributed by atoms with Gasteiger partial charge < -0.3 is 4.74 Å². The standard InChI is InChI=1S/C14H21NO3S/c1-2-3-8-19(16,17)15-10-14-9-12-6-4-5-7-13(12)11-18-14/h4-7,14-15H,2-3,8-11H2,1H3. The van der Waals surface area contributed by atoms with Crippen LogP contribution in [0.3, 0.4) is 0 Å². The van der Waals surface area contributed by atoms with Crippen LogP contribution in [-0.2, 0) is 27.8 Å². The van der Waals surface area contributed by atoms with Crippen molar-refractivity contribution in [1.82, 2.24) is 4.72 Å². The summed E-state index contributed by atoms with van der Waals surface area (Å²) in [7, 11) is -3.15. The molecule has 0 spiro atoms. The fourth-order valence-corrected chi connectivity index (χ4v) is 3.42. The molecule has 1 atom stereocenters. The first-order valence-electron chi connectivity index (χ1n) is 6.76. The van der Waals surface area contributed by atoms with E-state index in [0.717, 1.165) is 12.8 Å². The number of hydrogen-bond donors (Lipinski definition) is 1. The second-order valence-corrected chi connectivity index (χ2v) is 6.85. The highest BCUT2D eigenvalue weighted by Gasteiger charge is 2.20. The summed E-state index contributed by atoms with van der Waals surface area (Å²) in [5, 5.41) is 0. The monoisotopic (exact) mass is 283 g/mol. The highest BCUT2D eigenvalue weighted by atomic mass is 32.2. The summed E-state index contributed by atoms with van der Waals surface area (Å²) < 4.78 is 31.7. The second kappa shape index (κ2) is 6.50. The van der Waals surface area contributed by atoms with Gasteiger partial charge in [0.1, 0.15) is 0 Å². The predicted octanol–water partition coefficient (Wildman–Crippen LogP) is 1.85. The van der Waals surface area contributed by atoms with E-state index in [1.165, 1.54) is 11.1 Å². The summed E-state index contributed by atoms with van der Waals surface area (Å²) >= 11 is 0. The molecule has 1 heterocycles. The lowest BCUT2D eigenvalue weighted by Crippen LogP contribution is -2.37. The Hall–Kier alpha value is -0.910. The summed E-state index contributed by atoms with van der Waals surface area (Å²) in [5.41, 5.74) is 2.46. The molecule has 0 saturated heterocycles. The molecule has 0 saturated carbocycles. The molecule has 1 aliphatic heterocycles. The smallest absolute Gasteiger partial charge is 0.211 e. The summed E-state index contributed by atoms with van der Waals surface area (Å²) in [6, 6.07) is 8.13. The fraction of sp³-hybridized carbons (Fsp3) is 0.571. The van der Waals surface area contributed by atoms with Crippen LogP contribution in [0, 0.1) is 0 Å². The first-order chi connectivity index (χ1) is 9.11. The van der Waals surface area contributed by atoms with Gasteiger partial charge in [-0.05, 0) is 17.5 Å². The van der Waals surface area contributed by atoms with E-state index >= 15 is 0 Å². The van der Waals surface area contributed by atoms with Crippen molar-refractivity contribution < 1.29 is 13.2 Å². The Morgan fingerprint density at radius 1 is 1.32 bits per heavy atom. The van der Waals surface area contributed by atoms with E-state index in [-0.39, 0.29) is 11.9 Å². The lowest BCUT2D eigenvalue weighted by molar-refractivity contribution is 0.0322. The molecule has 4 nitrogen and oxygen atoms in total. The summed E-state index contributed by atoms with van der Waals surface area (Å²) in [4.78, 5) is 0. The molecular formula is C14H21NO3S. The molecule has 0 radical (unpaired) electrons. The topological polar surface area (TPSA) is 55.4 Å². The number of nitrogens with one attached hydrogen (secondary N) is 1. The van der Waals surface area contributed by atoms with Gasteiger partial charge in [-0.1, -0.05) is 37.6 Å². The number of hydrogen-bond acceptors (Lipinski definition) is 3. The Kier molecular flexibility index (Phi) is 4.96. The molecular weight excluding hydrogens is 262 g/mol. The lowest BCUT2D eigenvalue weighted by atomic mass is 9.99. The molecule has 0 bridgehead atoms. The third-order valence-electron chi connectivity index (χ3n) is 3.34. The summed E-state index contributed by atoms with van der Waals surface area (Å²) in [6.07, 6.45) is 2.29. The van der Waals surface area contributed by atoms with E-state index in [1.807, 2.05) is 19.1 Å². The normalized spacial score (nSPS) is 19.1. The first-order valence-corrected chi connectivity index (χ1v) is 8.41. The Morgan fingerprint density at radius 3 is 2.79 bits per heavy atom. The molecule has 0 aliphatic carbocycles. The van der Waals surface area contributed by atoms with Gasteiger partial charge in [-0.2, -0.15) is 0 Å². The van der Waals surface area contributed by atoms with Crippen LogP contribution in [0.5, 0.6) is 0 Å². The largest absolute Gasteiger partial charge is 0.372 e. The predicted molar refractivity (Wildman–Crippen MR) is 75.4 cm³/mol. The fourth-order valence-electron chi connectivity index (χ4n) is 2.17. The highest BCUT2D eigenvalue weighted by Crippen LogP contribution is 2.19. The molecule has 1 aromatic rings. The molecule has 19 heavy (non-hydrogen) atoms. The molecule has 2 rings (SSSR count). The van der Waals surface area contributed by atoms with Crippen molar-refractivity contribution in [3.8, 4) is 0 Å². The van der Waals surface area contributed by atoms with Crippen LogP contribution >= 0.6 is 0 Å². The van der Waals surface area contributed by atoms with E-state index in [1.54, 1.807) is 0 Å². The minimum absolute atomic E-state index is 0.0636. The van der Waals surface area contributed by atoms with Crippen molar-refractivity contribution in [3.63, 3.8) is 0 Å². The number of unbranched alkanes of at least 4 members (excludes halogenated alkanes) is 1. The van der Waals surface area contributed by atoms with E-state index in [2.05, 4.69) is 16.9 Å². The van der Waals surface area contributed by atoms with Crippen LogP contribution in [0.15, 0.2) is 24.3 Å². The van der Waals surface area contributed by atoms with Crippen molar-refractivity contribution >= 4 is 10.0 Å². The maximum Gasteiger partial charge on any atom is 0.211 e. The van der Waals surface area contributed by atoms with Gasteiger partial charge in [-0.3, -0.25) is 0 Å². The SMILES string of the molecule is CCCCS(=O)(=O)NCC1Cc2ccccc2CO1. The van der Waals surface area contributed by atoms with E-state index in [9.17, 15) is 8.42 Å². The number of fused-ring (bicyclic) bond motifs is 1. The Morgan fingerprint density at radius 2 is 2.05 bits per heavy atom. The van der Waals surface area contributed by atoms with Gasteiger partial charge >= 0.3 is 0 Å². The molecule has 106 valence electrons. The average molecular weight is 283 g/mol. The number of sulfonamides is 1. The molecule has 0 fully saturated rings. The zero-order valence-electron chi connectivity index (χ0n) is 11.3. The third kappa shape index (κ3) is 4.30. The zero-order valence-corrected chi connectivity index (χ0v) is 12.1. The minimum atomic E-state index is -3.15. The maximum absolute atomic E-state index is 11.7. The Labute approximate surface area is 115 Å². The van der Waals surface area contributed by atoms with E-state index in [4.69, 9.17) is 4.74 Å². The number of rotatable bonds is 6. The van der Waals surface area contributed by atoms with E-state index in [0.29, 0.717) is 19.6 Å². The van der Waals surface area contributed by atoms with Gasteiger partial charge in [0.15, 0.2) is 0 Å². The minimum Gasteiger partial charge on any atom is -0.372 e. The molecule has 5 heteroatoms. The van der Waals surface area contributed by atoms with Gasteiger partial charge in [0, 0.05) is 13.0 Å². The highest BCUT2D eigenvalue weighted by molar-refractivity contribution is 7.89. The summed E-state index contributed by atoms with van der Waals surface area (Å²) in [5.74, 6) is 0.201. The van der Waals surface area contributed by atoms with Gasteiger partial charge in [-0.25, -0.2) is 13.1 Å². The number of benzene rings is 1. The van der Waals surface area contributed by atoms with Crippen molar-refractivity contribution in [1.29, 1.82) is 0 Å². The average Bonchev–Trinajstić information content (AvgIpc) is 2.43. The quantitative estimate of drug-likeness (QED) is 0.867. The molecule has 1 unspecified atom stereocenters. The number of ether oxygens (including phenoxy) is 1. The van der Waals surface area contributed by atoms with E-state index < -0.39 is 10.0 Å². The van der Waals surface area contributed by atoms with Gasteiger partial charge in [0.25, 0.3) is 0 Å². The van der Waals surface area contributed by atoms with Crippen molar-refractivity contribution in [2.45, 2.75) is 38.9 Å². The Bertz CT molecular complexity index is 513. The van der Waals surface area contributed by atoms with Gasteiger partial charge in [0.05, 0.1) is 18.5 Å². The lowest BCUT2D eigenvalue weighted by Gasteiger charge is -2.25. The van der Waals surface area contributed by atoms with Gasteiger partial charge in [0.2, 0.25) is 10.0 Å². The van der Waals surface area contributed by atoms with Crippen LogP contribution in [0.1, 0.15) is 30.9 Å². The molecule has 1 aromatic carbocycles. The summed E-state index contributed by atoms with van der Waals surface area (Å²) in [6.45, 7) is 2.91. The van der Waals surface area contributed by atoms with Crippen LogP contribution in [0.2, 0.25) is 0 Å².